The zero-order valence-electron chi connectivity index (χ0n) is 21.2. The molecule has 1 atom stereocenters. The van der Waals surface area contributed by atoms with Crippen LogP contribution in [-0.4, -0.2) is 43.8 Å². The van der Waals surface area contributed by atoms with Gasteiger partial charge in [0, 0.05) is 30.6 Å². The highest BCUT2D eigenvalue weighted by atomic mass is 35.5. The van der Waals surface area contributed by atoms with E-state index in [2.05, 4.69) is 23.9 Å². The maximum Gasteiger partial charge on any atom is 0.242 e. The molecule has 0 unspecified atom stereocenters. The Morgan fingerprint density at radius 1 is 1.00 bits per heavy atom. The highest BCUT2D eigenvalue weighted by Crippen LogP contribution is 2.22. The minimum absolute atomic E-state index is 0.0449. The Hall–Kier alpha value is -2.42. The predicted octanol–water partition coefficient (Wildman–Crippen LogP) is 4.29. The number of sulfonamides is 1. The van der Waals surface area contributed by atoms with Crippen molar-refractivity contribution in [2.45, 2.75) is 76.4 Å². The number of carbonyl (C=O) groups excluding carboxylic acids is 2. The SMILES string of the molecule is CC(C)CCNC(=O)[C@@H](C)N(Cc1ccc(Cl)cc1)C(=O)CCc1ccc(S(=O)(=O)NC2CC2)cc1. The maximum atomic E-state index is 13.3. The molecule has 0 aliphatic heterocycles. The van der Waals surface area contributed by atoms with E-state index >= 15 is 0 Å². The van der Waals surface area contributed by atoms with E-state index in [1.54, 1.807) is 48.2 Å². The lowest BCUT2D eigenvalue weighted by Gasteiger charge is -2.29. The summed E-state index contributed by atoms with van der Waals surface area (Å²) in [5.41, 5.74) is 1.74. The minimum atomic E-state index is -3.51. The lowest BCUT2D eigenvalue weighted by atomic mass is 10.1. The van der Waals surface area contributed by atoms with E-state index in [1.165, 1.54) is 0 Å². The third kappa shape index (κ3) is 8.61. The Balaban J connectivity index is 1.65. The van der Waals surface area contributed by atoms with E-state index in [9.17, 15) is 18.0 Å². The molecule has 2 aromatic carbocycles. The third-order valence-corrected chi connectivity index (χ3v) is 8.00. The van der Waals surface area contributed by atoms with Crippen LogP contribution in [0, 0.1) is 5.92 Å². The van der Waals surface area contributed by atoms with Gasteiger partial charge in [0.05, 0.1) is 4.90 Å². The molecule has 36 heavy (non-hydrogen) atoms. The van der Waals surface area contributed by atoms with Crippen molar-refractivity contribution >= 4 is 33.4 Å². The van der Waals surface area contributed by atoms with Gasteiger partial charge in [-0.05, 0) is 73.9 Å². The maximum absolute atomic E-state index is 13.3. The van der Waals surface area contributed by atoms with Gasteiger partial charge < -0.3 is 10.2 Å². The van der Waals surface area contributed by atoms with E-state index in [1.807, 2.05) is 12.1 Å². The number of hydrogen-bond donors (Lipinski definition) is 2. The van der Waals surface area contributed by atoms with Crippen LogP contribution in [0.2, 0.25) is 5.02 Å². The number of nitrogens with zero attached hydrogens (tertiary/aromatic N) is 1. The largest absolute Gasteiger partial charge is 0.354 e. The number of rotatable bonds is 13. The summed E-state index contributed by atoms with van der Waals surface area (Å²) in [6.07, 6.45) is 3.25. The fraction of sp³-hybridized carbons (Fsp3) is 0.481. The highest BCUT2D eigenvalue weighted by Gasteiger charge is 2.28. The summed E-state index contributed by atoms with van der Waals surface area (Å²) in [5.74, 6) is 0.137. The average Bonchev–Trinajstić information content (AvgIpc) is 3.65. The fourth-order valence-corrected chi connectivity index (χ4v) is 5.15. The van der Waals surface area contributed by atoms with Gasteiger partial charge in [-0.2, -0.15) is 0 Å². The Bertz CT molecular complexity index is 1130. The molecule has 1 aliphatic carbocycles. The Morgan fingerprint density at radius 2 is 1.61 bits per heavy atom. The van der Waals surface area contributed by atoms with Crippen molar-refractivity contribution < 1.29 is 18.0 Å². The van der Waals surface area contributed by atoms with Gasteiger partial charge in [-0.1, -0.05) is 49.7 Å². The molecule has 1 saturated carbocycles. The van der Waals surface area contributed by atoms with Crippen LogP contribution in [-0.2, 0) is 32.6 Å². The molecule has 196 valence electrons. The molecule has 3 rings (SSSR count). The van der Waals surface area contributed by atoms with Gasteiger partial charge in [0.1, 0.15) is 6.04 Å². The molecule has 0 heterocycles. The molecule has 1 aliphatic rings. The second-order valence-electron chi connectivity index (χ2n) is 9.84. The van der Waals surface area contributed by atoms with Crippen molar-refractivity contribution in [3.8, 4) is 0 Å². The van der Waals surface area contributed by atoms with Crippen molar-refractivity contribution in [3.63, 3.8) is 0 Å². The molecule has 2 N–H and O–H groups in total. The summed E-state index contributed by atoms with van der Waals surface area (Å²) in [4.78, 5) is 27.9. The second kappa shape index (κ2) is 12.7. The van der Waals surface area contributed by atoms with Gasteiger partial charge in [-0.15, -0.1) is 0 Å². The number of nitrogens with one attached hydrogen (secondary N) is 2. The average molecular weight is 534 g/mol. The Morgan fingerprint density at radius 3 is 2.19 bits per heavy atom. The molecule has 9 heteroatoms. The van der Waals surface area contributed by atoms with Gasteiger partial charge in [0.15, 0.2) is 0 Å². The normalized spacial score (nSPS) is 14.5. The molecular weight excluding hydrogens is 498 g/mol. The number of hydrogen-bond acceptors (Lipinski definition) is 4. The van der Waals surface area contributed by atoms with Crippen molar-refractivity contribution in [2.24, 2.45) is 5.92 Å². The molecule has 0 radical (unpaired) electrons. The van der Waals surface area contributed by atoms with E-state index in [0.717, 1.165) is 30.4 Å². The zero-order chi connectivity index (χ0) is 26.3. The quantitative estimate of drug-likeness (QED) is 0.401. The van der Waals surface area contributed by atoms with Gasteiger partial charge in [-0.25, -0.2) is 13.1 Å². The van der Waals surface area contributed by atoms with Crippen molar-refractivity contribution in [2.75, 3.05) is 6.54 Å². The molecule has 0 bridgehead atoms. The molecular formula is C27H36ClN3O4S. The summed E-state index contributed by atoms with van der Waals surface area (Å²) in [6, 6.07) is 13.2. The van der Waals surface area contributed by atoms with Crippen LogP contribution in [0.1, 0.15) is 57.6 Å². The number of halogens is 1. The number of carbonyl (C=O) groups is 2. The summed E-state index contributed by atoms with van der Waals surface area (Å²) >= 11 is 6.00. The van der Waals surface area contributed by atoms with Crippen LogP contribution >= 0.6 is 11.6 Å². The zero-order valence-corrected chi connectivity index (χ0v) is 22.7. The first-order valence-corrected chi connectivity index (χ1v) is 14.3. The minimum Gasteiger partial charge on any atom is -0.354 e. The van der Waals surface area contributed by atoms with E-state index in [4.69, 9.17) is 11.6 Å². The molecule has 2 aromatic rings. The summed E-state index contributed by atoms with van der Waals surface area (Å²) in [5, 5.41) is 3.54. The van der Waals surface area contributed by atoms with Gasteiger partial charge in [-0.3, -0.25) is 9.59 Å². The van der Waals surface area contributed by atoms with Gasteiger partial charge in [0.25, 0.3) is 0 Å². The fourth-order valence-electron chi connectivity index (χ4n) is 3.72. The monoisotopic (exact) mass is 533 g/mol. The van der Waals surface area contributed by atoms with Crippen LogP contribution in [0.15, 0.2) is 53.4 Å². The molecule has 0 saturated heterocycles. The Kier molecular flexibility index (Phi) is 9.93. The molecule has 0 aromatic heterocycles. The number of aryl methyl sites for hydroxylation is 1. The van der Waals surface area contributed by atoms with Crippen LogP contribution in [0.3, 0.4) is 0 Å². The molecule has 0 spiro atoms. The standard InChI is InChI=1S/C27H36ClN3O4S/c1-19(2)16-17-29-27(33)20(3)31(18-22-4-9-23(28)10-5-22)26(32)15-8-21-6-13-25(14-7-21)36(34,35)30-24-11-12-24/h4-7,9-10,13-14,19-20,24,30H,8,11-12,15-18H2,1-3H3,(H,29,33)/t20-/m1/s1. The van der Waals surface area contributed by atoms with Crippen LogP contribution < -0.4 is 10.0 Å². The van der Waals surface area contributed by atoms with E-state index < -0.39 is 16.1 Å². The summed E-state index contributed by atoms with van der Waals surface area (Å²) in [7, 11) is -3.51. The first-order chi connectivity index (χ1) is 17.0. The van der Waals surface area contributed by atoms with Crippen LogP contribution in [0.5, 0.6) is 0 Å². The summed E-state index contributed by atoms with van der Waals surface area (Å²) < 4.78 is 27.4. The highest BCUT2D eigenvalue weighted by molar-refractivity contribution is 7.89. The first kappa shape index (κ1) is 28.2. The molecule has 1 fully saturated rings. The molecule has 7 nitrogen and oxygen atoms in total. The van der Waals surface area contributed by atoms with Gasteiger partial charge >= 0.3 is 0 Å². The van der Waals surface area contributed by atoms with Crippen molar-refractivity contribution in [1.82, 2.24) is 14.9 Å². The Labute approximate surface area is 219 Å². The van der Waals surface area contributed by atoms with Crippen molar-refractivity contribution in [1.29, 1.82) is 0 Å². The lowest BCUT2D eigenvalue weighted by molar-refractivity contribution is -0.140. The van der Waals surface area contributed by atoms with Crippen LogP contribution in [0.25, 0.3) is 0 Å². The first-order valence-electron chi connectivity index (χ1n) is 12.5. The second-order valence-corrected chi connectivity index (χ2v) is 12.0. The van der Waals surface area contributed by atoms with Crippen molar-refractivity contribution in [3.05, 3.63) is 64.7 Å². The third-order valence-electron chi connectivity index (χ3n) is 6.21. The molecule has 2 amide bonds. The van der Waals surface area contributed by atoms with Crippen LogP contribution in [0.4, 0.5) is 0 Å². The lowest BCUT2D eigenvalue weighted by Crippen LogP contribution is -2.48. The topological polar surface area (TPSA) is 95.6 Å². The predicted molar refractivity (Wildman–Crippen MR) is 142 cm³/mol. The van der Waals surface area contributed by atoms with Gasteiger partial charge in [0.2, 0.25) is 21.8 Å². The van der Waals surface area contributed by atoms with E-state index in [-0.39, 0.29) is 29.2 Å². The summed E-state index contributed by atoms with van der Waals surface area (Å²) in [6.45, 7) is 6.79. The number of benzene rings is 2. The van der Waals surface area contributed by atoms with E-state index in [0.29, 0.717) is 30.5 Å². The number of amides is 2. The smallest absolute Gasteiger partial charge is 0.242 e.